The van der Waals surface area contributed by atoms with E-state index in [1.54, 1.807) is 6.92 Å². The summed E-state index contributed by atoms with van der Waals surface area (Å²) in [7, 11) is 0. The summed E-state index contributed by atoms with van der Waals surface area (Å²) < 4.78 is 0. The van der Waals surface area contributed by atoms with Crippen LogP contribution in [0.1, 0.15) is 144 Å². The first-order valence-corrected chi connectivity index (χ1v) is 15.7. The Morgan fingerprint density at radius 3 is 2.17 bits per heavy atom. The smallest absolute Gasteiger partial charge is 0.163 e. The summed E-state index contributed by atoms with van der Waals surface area (Å²) in [5.41, 5.74) is 6.84. The van der Waals surface area contributed by atoms with Crippen molar-refractivity contribution in [3.63, 3.8) is 0 Å². The summed E-state index contributed by atoms with van der Waals surface area (Å²) in [4.78, 5) is 50.3. The average molecular weight is 561 g/mol. The third-order valence-corrected chi connectivity index (χ3v) is 8.32. The Kier molecular flexibility index (Phi) is 13.3. The fourth-order valence-corrected chi connectivity index (χ4v) is 6.55. The zero-order valence-corrected chi connectivity index (χ0v) is 27.0. The van der Waals surface area contributed by atoms with E-state index in [4.69, 9.17) is 0 Å². The first kappa shape index (κ1) is 34.3. The Balaban J connectivity index is 0.00000187. The summed E-state index contributed by atoms with van der Waals surface area (Å²) in [5.74, 6) is 0.681. The molecule has 0 N–H and O–H groups in total. The Labute approximate surface area is 248 Å². The number of carbonyl (C=O) groups is 4. The van der Waals surface area contributed by atoms with Crippen LogP contribution < -0.4 is 0 Å². The third kappa shape index (κ3) is 8.80. The molecule has 0 saturated carbocycles. The van der Waals surface area contributed by atoms with Gasteiger partial charge in [-0.1, -0.05) is 85.1 Å². The van der Waals surface area contributed by atoms with Crippen molar-refractivity contribution in [3.8, 4) is 11.1 Å². The Bertz CT molecular complexity index is 1240. The second kappa shape index (κ2) is 15.9. The highest BCUT2D eigenvalue weighted by molar-refractivity contribution is 6.03. The molecule has 0 radical (unpaired) electrons. The van der Waals surface area contributed by atoms with Gasteiger partial charge in [-0.3, -0.25) is 19.2 Å². The van der Waals surface area contributed by atoms with Crippen molar-refractivity contribution in [2.45, 2.75) is 120 Å². The molecule has 0 fully saturated rings. The summed E-state index contributed by atoms with van der Waals surface area (Å²) in [6.07, 6.45) is 6.05. The van der Waals surface area contributed by atoms with Gasteiger partial charge in [0.2, 0.25) is 0 Å². The van der Waals surface area contributed by atoms with Crippen molar-refractivity contribution in [2.24, 2.45) is 17.8 Å². The van der Waals surface area contributed by atoms with Crippen LogP contribution >= 0.6 is 0 Å². The molecule has 3 atom stereocenters. The van der Waals surface area contributed by atoms with Crippen LogP contribution in [0.15, 0.2) is 30.3 Å². The van der Waals surface area contributed by atoms with Crippen LogP contribution in [0, 0.1) is 24.7 Å². The zero-order valence-electron chi connectivity index (χ0n) is 27.0. The van der Waals surface area contributed by atoms with Gasteiger partial charge >= 0.3 is 0 Å². The molecular formula is C37H52O4. The van der Waals surface area contributed by atoms with Crippen molar-refractivity contribution in [3.05, 3.63) is 58.1 Å². The van der Waals surface area contributed by atoms with Gasteiger partial charge in [-0.15, -0.1) is 0 Å². The minimum absolute atomic E-state index is 0.00937. The lowest BCUT2D eigenvalue weighted by atomic mass is 9.70. The molecule has 0 amide bonds. The van der Waals surface area contributed by atoms with Crippen LogP contribution in [0.4, 0.5) is 0 Å². The van der Waals surface area contributed by atoms with Crippen molar-refractivity contribution in [1.82, 2.24) is 0 Å². The van der Waals surface area contributed by atoms with Crippen LogP contribution in [0.2, 0.25) is 0 Å². The monoisotopic (exact) mass is 560 g/mol. The van der Waals surface area contributed by atoms with Crippen LogP contribution in [0.25, 0.3) is 11.1 Å². The van der Waals surface area contributed by atoms with Gasteiger partial charge in [0.1, 0.15) is 11.6 Å². The van der Waals surface area contributed by atoms with E-state index in [1.807, 2.05) is 38.1 Å². The maximum Gasteiger partial charge on any atom is 0.163 e. The number of fused-ring (bicyclic) bond motifs is 1. The van der Waals surface area contributed by atoms with Gasteiger partial charge in [-0.25, -0.2) is 0 Å². The van der Waals surface area contributed by atoms with Crippen molar-refractivity contribution >= 4 is 23.1 Å². The molecular weight excluding hydrogens is 508 g/mol. The SMILES string of the molecule is CCC.CCCC(CC1CC(=O)c2c(C)c(-c3cccc(C(C)=O)c3)cc(C(C)C)c2C1)C(CC)C(=O)CC(C)=O. The van der Waals surface area contributed by atoms with Crippen LogP contribution in [0.3, 0.4) is 0 Å². The number of benzene rings is 2. The molecule has 224 valence electrons. The van der Waals surface area contributed by atoms with Crippen molar-refractivity contribution in [2.75, 3.05) is 0 Å². The zero-order chi connectivity index (χ0) is 30.9. The molecule has 0 saturated heterocycles. The largest absolute Gasteiger partial charge is 0.300 e. The van der Waals surface area contributed by atoms with E-state index in [0.29, 0.717) is 12.0 Å². The molecule has 0 aliphatic heterocycles. The van der Waals surface area contributed by atoms with E-state index in [2.05, 4.69) is 40.7 Å². The number of rotatable bonds is 12. The van der Waals surface area contributed by atoms with Gasteiger partial charge in [0.05, 0.1) is 6.42 Å². The number of hydrogen-bond donors (Lipinski definition) is 0. The molecule has 3 rings (SSSR count). The number of carbonyl (C=O) groups excluding carboxylic acids is 4. The van der Waals surface area contributed by atoms with Crippen molar-refractivity contribution < 1.29 is 19.2 Å². The predicted molar refractivity (Wildman–Crippen MR) is 170 cm³/mol. The Morgan fingerprint density at radius 2 is 1.63 bits per heavy atom. The normalized spacial score (nSPS) is 16.0. The number of ketones is 4. The van der Waals surface area contributed by atoms with Gasteiger partial charge < -0.3 is 0 Å². The van der Waals surface area contributed by atoms with Crippen LogP contribution in [-0.2, 0) is 16.0 Å². The van der Waals surface area contributed by atoms with E-state index in [-0.39, 0.29) is 53.2 Å². The molecule has 4 nitrogen and oxygen atoms in total. The van der Waals surface area contributed by atoms with Gasteiger partial charge in [0, 0.05) is 23.5 Å². The first-order chi connectivity index (χ1) is 19.4. The number of Topliss-reactive ketones (excluding diaryl/α,β-unsaturated/α-hetero) is 4. The number of hydrogen-bond acceptors (Lipinski definition) is 4. The quantitative estimate of drug-likeness (QED) is 0.191. The molecule has 4 heteroatoms. The highest BCUT2D eigenvalue weighted by Crippen LogP contribution is 2.42. The van der Waals surface area contributed by atoms with Gasteiger partial charge in [-0.05, 0) is 91.7 Å². The summed E-state index contributed by atoms with van der Waals surface area (Å²) in [6.45, 7) is 17.9. The van der Waals surface area contributed by atoms with Gasteiger partial charge in [0.15, 0.2) is 11.6 Å². The van der Waals surface area contributed by atoms with E-state index in [1.165, 1.54) is 18.9 Å². The molecule has 0 spiro atoms. The van der Waals surface area contributed by atoms with E-state index in [9.17, 15) is 19.2 Å². The third-order valence-electron chi connectivity index (χ3n) is 8.32. The average Bonchev–Trinajstić information content (AvgIpc) is 2.89. The highest BCUT2D eigenvalue weighted by atomic mass is 16.1. The predicted octanol–water partition coefficient (Wildman–Crippen LogP) is 9.53. The first-order valence-electron chi connectivity index (χ1n) is 15.7. The minimum Gasteiger partial charge on any atom is -0.300 e. The van der Waals surface area contributed by atoms with Gasteiger partial charge in [0.25, 0.3) is 0 Å². The molecule has 41 heavy (non-hydrogen) atoms. The standard InChI is InChI=1S/C34H44O4.C3H8/c1-8-11-26(28(9-2)32(37)14-21(5)35)15-24-16-31-29(20(3)4)19-30(22(6)34(31)33(38)17-24)27-13-10-12-25(18-27)23(7)36;1-3-2/h10,12-13,18-20,24,26,28H,8-9,11,14-17H2,1-7H3;3H2,1-2H3. The van der Waals surface area contributed by atoms with E-state index < -0.39 is 0 Å². The molecule has 2 aromatic carbocycles. The fraction of sp³-hybridized carbons (Fsp3) is 0.568. The lowest BCUT2D eigenvalue weighted by Crippen LogP contribution is -2.30. The maximum absolute atomic E-state index is 13.7. The Hall–Kier alpha value is -2.88. The van der Waals surface area contributed by atoms with Crippen molar-refractivity contribution in [1.29, 1.82) is 0 Å². The summed E-state index contributed by atoms with van der Waals surface area (Å²) in [5, 5.41) is 0. The molecule has 1 aliphatic carbocycles. The fourth-order valence-electron chi connectivity index (χ4n) is 6.55. The molecule has 2 aromatic rings. The summed E-state index contributed by atoms with van der Waals surface area (Å²) in [6, 6.07) is 9.90. The molecule has 0 heterocycles. The maximum atomic E-state index is 13.7. The second-order valence-corrected chi connectivity index (χ2v) is 12.3. The van der Waals surface area contributed by atoms with Crippen LogP contribution in [0.5, 0.6) is 0 Å². The second-order valence-electron chi connectivity index (χ2n) is 12.3. The minimum atomic E-state index is -0.127. The molecule has 0 bridgehead atoms. The highest BCUT2D eigenvalue weighted by Gasteiger charge is 2.34. The Morgan fingerprint density at radius 1 is 0.976 bits per heavy atom. The van der Waals surface area contributed by atoms with Crippen LogP contribution in [-0.4, -0.2) is 23.1 Å². The topological polar surface area (TPSA) is 68.3 Å². The van der Waals surface area contributed by atoms with E-state index >= 15 is 0 Å². The lowest BCUT2D eigenvalue weighted by Gasteiger charge is -2.33. The summed E-state index contributed by atoms with van der Waals surface area (Å²) >= 11 is 0. The molecule has 0 aromatic heterocycles. The molecule has 1 aliphatic rings. The lowest BCUT2D eigenvalue weighted by molar-refractivity contribution is -0.129. The van der Waals surface area contributed by atoms with Gasteiger partial charge in [-0.2, -0.15) is 0 Å². The molecule has 3 unspecified atom stereocenters. The van der Waals surface area contributed by atoms with E-state index in [0.717, 1.165) is 59.9 Å².